The fraction of sp³-hybridized carbons (Fsp3) is 0. The smallest absolute Gasteiger partial charge is 0.162 e. The summed E-state index contributed by atoms with van der Waals surface area (Å²) in [6.45, 7) is 0. The monoisotopic (exact) mass is 352 g/mol. The van der Waals surface area contributed by atoms with Crippen LogP contribution in [0.25, 0.3) is 22.3 Å². The minimum absolute atomic E-state index is 0.430. The molecule has 5 heteroatoms. The maximum Gasteiger partial charge on any atom is 0.162 e. The van der Waals surface area contributed by atoms with Crippen LogP contribution in [0, 0.1) is 0 Å². The molecule has 0 aliphatic rings. The van der Waals surface area contributed by atoms with E-state index in [4.69, 9.17) is 23.2 Å². The van der Waals surface area contributed by atoms with E-state index < -0.39 is 0 Å². The molecule has 0 bridgehead atoms. The number of hydrogen-bond acceptors (Lipinski definition) is 2. The van der Waals surface area contributed by atoms with Gasteiger partial charge >= 0.3 is 0 Å². The van der Waals surface area contributed by atoms with Gasteiger partial charge in [-0.05, 0) is 30.3 Å². The zero-order chi connectivity index (χ0) is 13.4. The molecule has 0 fully saturated rings. The average Bonchev–Trinajstić information content (AvgIpc) is 2.38. The van der Waals surface area contributed by atoms with E-state index in [9.17, 15) is 0 Å². The Kier molecular flexibility index (Phi) is 3.44. The van der Waals surface area contributed by atoms with Crippen molar-refractivity contribution in [2.45, 2.75) is 0 Å². The van der Waals surface area contributed by atoms with Crippen LogP contribution < -0.4 is 0 Å². The van der Waals surface area contributed by atoms with Crippen molar-refractivity contribution in [2.24, 2.45) is 0 Å². The molecule has 2 aromatic carbocycles. The normalized spacial score (nSPS) is 10.9. The third-order valence-corrected chi connectivity index (χ3v) is 3.82. The molecule has 0 amide bonds. The second-order valence-corrected chi connectivity index (χ2v) is 5.66. The minimum atomic E-state index is 0.430. The number of hydrogen-bond donors (Lipinski definition) is 0. The standard InChI is InChI=1S/C14H7BrCl2N2/c15-8-5-6-9(11(16)7-8)14-18-12-4-2-1-3-10(12)13(17)19-14/h1-7H. The molecule has 0 unspecified atom stereocenters. The summed E-state index contributed by atoms with van der Waals surface area (Å²) in [5.41, 5.74) is 1.56. The van der Waals surface area contributed by atoms with E-state index in [1.165, 1.54) is 0 Å². The predicted octanol–water partition coefficient (Wildman–Crippen LogP) is 5.37. The maximum absolute atomic E-state index is 6.21. The van der Waals surface area contributed by atoms with E-state index >= 15 is 0 Å². The molecule has 1 aromatic heterocycles. The van der Waals surface area contributed by atoms with E-state index in [1.54, 1.807) is 0 Å². The Labute approximate surface area is 128 Å². The molecule has 19 heavy (non-hydrogen) atoms. The highest BCUT2D eigenvalue weighted by molar-refractivity contribution is 9.10. The molecule has 2 nitrogen and oxygen atoms in total. The number of rotatable bonds is 1. The fourth-order valence-corrected chi connectivity index (χ4v) is 2.83. The molecule has 0 aliphatic carbocycles. The lowest BCUT2D eigenvalue weighted by Gasteiger charge is -2.06. The van der Waals surface area contributed by atoms with Crippen LogP contribution in [0.4, 0.5) is 0 Å². The number of nitrogens with zero attached hydrogens (tertiary/aromatic N) is 2. The number of para-hydroxylation sites is 1. The van der Waals surface area contributed by atoms with Crippen LogP contribution in [0.3, 0.4) is 0 Å². The highest BCUT2D eigenvalue weighted by Gasteiger charge is 2.10. The van der Waals surface area contributed by atoms with Gasteiger partial charge < -0.3 is 0 Å². The SMILES string of the molecule is Clc1cc(Br)ccc1-c1nc(Cl)c2ccccc2n1. The van der Waals surface area contributed by atoms with Crippen LogP contribution in [-0.2, 0) is 0 Å². The number of aromatic nitrogens is 2. The summed E-state index contributed by atoms with van der Waals surface area (Å²) in [4.78, 5) is 8.82. The Hall–Kier alpha value is -1.16. The summed E-state index contributed by atoms with van der Waals surface area (Å²) in [6, 6.07) is 13.2. The van der Waals surface area contributed by atoms with Crippen LogP contribution in [0.1, 0.15) is 0 Å². The van der Waals surface area contributed by atoms with Gasteiger partial charge in [-0.25, -0.2) is 9.97 Å². The first-order chi connectivity index (χ1) is 9.15. The largest absolute Gasteiger partial charge is 0.228 e. The molecule has 0 aliphatic heterocycles. The Balaban J connectivity index is 2.25. The summed E-state index contributed by atoms with van der Waals surface area (Å²) in [5, 5.41) is 1.85. The summed E-state index contributed by atoms with van der Waals surface area (Å²) in [7, 11) is 0. The second kappa shape index (κ2) is 5.08. The van der Waals surface area contributed by atoms with E-state index in [2.05, 4.69) is 25.9 Å². The number of halogens is 3. The molecular formula is C14H7BrCl2N2. The molecule has 0 spiro atoms. The van der Waals surface area contributed by atoms with Crippen LogP contribution >= 0.6 is 39.1 Å². The Morgan fingerprint density at radius 1 is 0.947 bits per heavy atom. The van der Waals surface area contributed by atoms with Crippen LogP contribution in [0.5, 0.6) is 0 Å². The molecule has 3 aromatic rings. The number of fused-ring (bicyclic) bond motifs is 1. The van der Waals surface area contributed by atoms with Gasteiger partial charge in [0, 0.05) is 15.4 Å². The topological polar surface area (TPSA) is 25.8 Å². The van der Waals surface area contributed by atoms with E-state index in [0.29, 0.717) is 16.0 Å². The first kappa shape index (κ1) is 12.9. The summed E-state index contributed by atoms with van der Waals surface area (Å²) >= 11 is 15.8. The Morgan fingerprint density at radius 2 is 1.74 bits per heavy atom. The van der Waals surface area contributed by atoms with Gasteiger partial charge in [-0.2, -0.15) is 0 Å². The first-order valence-corrected chi connectivity index (χ1v) is 7.08. The van der Waals surface area contributed by atoms with Crippen molar-refractivity contribution >= 4 is 50.0 Å². The van der Waals surface area contributed by atoms with Crippen LogP contribution in [0.2, 0.25) is 10.2 Å². The van der Waals surface area contributed by atoms with Crippen molar-refractivity contribution in [2.75, 3.05) is 0 Å². The predicted molar refractivity (Wildman–Crippen MR) is 82.7 cm³/mol. The van der Waals surface area contributed by atoms with Crippen molar-refractivity contribution in [1.82, 2.24) is 9.97 Å². The molecule has 1 heterocycles. The molecule has 0 N–H and O–H groups in total. The molecular weight excluding hydrogens is 347 g/mol. The van der Waals surface area contributed by atoms with Gasteiger partial charge in [0.05, 0.1) is 10.5 Å². The quantitative estimate of drug-likeness (QED) is 0.550. The fourth-order valence-electron chi connectivity index (χ4n) is 1.83. The molecule has 3 rings (SSSR count). The lowest BCUT2D eigenvalue weighted by atomic mass is 10.2. The van der Waals surface area contributed by atoms with Crippen molar-refractivity contribution in [3.8, 4) is 11.4 Å². The number of benzene rings is 2. The van der Waals surface area contributed by atoms with Gasteiger partial charge in [0.2, 0.25) is 0 Å². The minimum Gasteiger partial charge on any atom is -0.228 e. The Morgan fingerprint density at radius 3 is 2.53 bits per heavy atom. The van der Waals surface area contributed by atoms with Crippen molar-refractivity contribution < 1.29 is 0 Å². The maximum atomic E-state index is 6.21. The highest BCUT2D eigenvalue weighted by Crippen LogP contribution is 2.30. The van der Waals surface area contributed by atoms with Gasteiger partial charge in [0.25, 0.3) is 0 Å². The summed E-state index contributed by atoms with van der Waals surface area (Å²) in [5.74, 6) is 0.529. The van der Waals surface area contributed by atoms with Gasteiger partial charge in [0.15, 0.2) is 5.82 Å². The summed E-state index contributed by atoms with van der Waals surface area (Å²) in [6.07, 6.45) is 0. The highest BCUT2D eigenvalue weighted by atomic mass is 79.9. The van der Waals surface area contributed by atoms with Gasteiger partial charge in [0.1, 0.15) is 5.15 Å². The second-order valence-electron chi connectivity index (χ2n) is 3.98. The van der Waals surface area contributed by atoms with E-state index in [0.717, 1.165) is 20.9 Å². The molecule has 0 saturated carbocycles. The third-order valence-electron chi connectivity index (χ3n) is 2.73. The molecule has 0 radical (unpaired) electrons. The average molecular weight is 354 g/mol. The van der Waals surface area contributed by atoms with E-state index in [1.807, 2.05) is 42.5 Å². The summed E-state index contributed by atoms with van der Waals surface area (Å²) < 4.78 is 0.910. The van der Waals surface area contributed by atoms with Crippen LogP contribution in [0.15, 0.2) is 46.9 Å². The third kappa shape index (κ3) is 2.46. The van der Waals surface area contributed by atoms with Gasteiger partial charge in [-0.3, -0.25) is 0 Å². The molecule has 94 valence electrons. The lowest BCUT2D eigenvalue weighted by molar-refractivity contribution is 1.23. The zero-order valence-corrected chi connectivity index (χ0v) is 12.7. The first-order valence-electron chi connectivity index (χ1n) is 5.53. The van der Waals surface area contributed by atoms with Gasteiger partial charge in [-0.15, -0.1) is 0 Å². The van der Waals surface area contributed by atoms with E-state index in [-0.39, 0.29) is 0 Å². The molecule has 0 atom stereocenters. The van der Waals surface area contributed by atoms with Crippen molar-refractivity contribution in [1.29, 1.82) is 0 Å². The molecule has 0 saturated heterocycles. The Bertz CT molecular complexity index is 774. The van der Waals surface area contributed by atoms with Gasteiger partial charge in [-0.1, -0.05) is 51.3 Å². The lowest BCUT2D eigenvalue weighted by Crippen LogP contribution is -1.92. The van der Waals surface area contributed by atoms with Crippen LogP contribution in [-0.4, -0.2) is 9.97 Å². The van der Waals surface area contributed by atoms with Crippen molar-refractivity contribution in [3.05, 3.63) is 57.1 Å². The van der Waals surface area contributed by atoms with Crippen molar-refractivity contribution in [3.63, 3.8) is 0 Å². The zero-order valence-electron chi connectivity index (χ0n) is 9.57.